The van der Waals surface area contributed by atoms with Gasteiger partial charge in [0.2, 0.25) is 0 Å². The minimum atomic E-state index is 0.159. The molecule has 0 N–H and O–H groups in total. The molecule has 0 fully saturated rings. The molecular formula is C17H18ClNO. The summed E-state index contributed by atoms with van der Waals surface area (Å²) in [6, 6.07) is 15.5. The smallest absolute Gasteiger partial charge is 0.164 e. The van der Waals surface area contributed by atoms with Gasteiger partial charge in [-0.1, -0.05) is 48.9 Å². The first-order chi connectivity index (χ1) is 9.63. The van der Waals surface area contributed by atoms with Gasteiger partial charge in [-0.2, -0.15) is 0 Å². The summed E-state index contributed by atoms with van der Waals surface area (Å²) in [7, 11) is 1.98. The van der Waals surface area contributed by atoms with E-state index in [0.29, 0.717) is 13.0 Å². The van der Waals surface area contributed by atoms with Gasteiger partial charge in [-0.05, 0) is 23.8 Å². The monoisotopic (exact) mass is 287 g/mol. The number of benzene rings is 2. The minimum absolute atomic E-state index is 0.159. The van der Waals surface area contributed by atoms with Crippen LogP contribution in [0, 0.1) is 0 Å². The largest absolute Gasteiger partial charge is 0.370 e. The first-order valence-corrected chi connectivity index (χ1v) is 7.08. The molecule has 0 aliphatic carbocycles. The summed E-state index contributed by atoms with van der Waals surface area (Å²) in [6.07, 6.45) is 0.511. The highest BCUT2D eigenvalue weighted by Crippen LogP contribution is 2.24. The Hall–Kier alpha value is -1.80. The van der Waals surface area contributed by atoms with Crippen LogP contribution in [0.15, 0.2) is 48.5 Å². The van der Waals surface area contributed by atoms with Crippen molar-refractivity contribution in [2.45, 2.75) is 19.9 Å². The van der Waals surface area contributed by atoms with E-state index in [-0.39, 0.29) is 5.78 Å². The first kappa shape index (κ1) is 14.6. The number of ketones is 1. The Morgan fingerprint density at radius 1 is 1.10 bits per heavy atom. The number of halogens is 1. The summed E-state index contributed by atoms with van der Waals surface area (Å²) in [5.41, 5.74) is 2.76. The highest BCUT2D eigenvalue weighted by molar-refractivity contribution is 6.31. The van der Waals surface area contributed by atoms with Crippen LogP contribution in [-0.4, -0.2) is 12.8 Å². The van der Waals surface area contributed by atoms with Gasteiger partial charge in [0.25, 0.3) is 0 Å². The van der Waals surface area contributed by atoms with Crippen molar-refractivity contribution in [3.63, 3.8) is 0 Å². The van der Waals surface area contributed by atoms with Crippen LogP contribution in [0.25, 0.3) is 0 Å². The molecule has 0 unspecified atom stereocenters. The fourth-order valence-corrected chi connectivity index (χ4v) is 2.40. The van der Waals surface area contributed by atoms with Crippen molar-refractivity contribution in [3.05, 3.63) is 64.7 Å². The number of Topliss-reactive ketones (excluding diaryl/α,β-unsaturated/α-hetero) is 1. The summed E-state index contributed by atoms with van der Waals surface area (Å²) in [5.74, 6) is 0.159. The lowest BCUT2D eigenvalue weighted by Gasteiger charge is -2.22. The Morgan fingerprint density at radius 3 is 2.45 bits per heavy atom. The molecule has 3 heteroatoms. The van der Waals surface area contributed by atoms with E-state index in [1.807, 2.05) is 62.5 Å². The molecule has 20 heavy (non-hydrogen) atoms. The lowest BCUT2D eigenvalue weighted by Crippen LogP contribution is -2.19. The number of anilines is 1. The van der Waals surface area contributed by atoms with Crippen LogP contribution >= 0.6 is 11.6 Å². The van der Waals surface area contributed by atoms with Crippen LogP contribution in [0.1, 0.15) is 29.3 Å². The Kier molecular flexibility index (Phi) is 4.80. The van der Waals surface area contributed by atoms with E-state index in [1.54, 1.807) is 0 Å². The van der Waals surface area contributed by atoms with Crippen molar-refractivity contribution in [1.29, 1.82) is 0 Å². The molecule has 0 radical (unpaired) electrons. The van der Waals surface area contributed by atoms with Gasteiger partial charge >= 0.3 is 0 Å². The van der Waals surface area contributed by atoms with E-state index in [9.17, 15) is 4.79 Å². The quantitative estimate of drug-likeness (QED) is 0.751. The molecule has 0 heterocycles. The van der Waals surface area contributed by atoms with Crippen LogP contribution in [0.4, 0.5) is 5.69 Å². The van der Waals surface area contributed by atoms with Crippen LogP contribution in [0.3, 0.4) is 0 Å². The SMILES string of the molecule is CCC(=O)c1ccccc1N(C)Cc1ccccc1Cl. The number of para-hydroxylation sites is 1. The van der Waals surface area contributed by atoms with Crippen molar-refractivity contribution >= 4 is 23.1 Å². The third kappa shape index (κ3) is 3.20. The summed E-state index contributed by atoms with van der Waals surface area (Å²) < 4.78 is 0. The van der Waals surface area contributed by atoms with Crippen molar-refractivity contribution in [1.82, 2.24) is 0 Å². The van der Waals surface area contributed by atoms with Crippen LogP contribution in [0.2, 0.25) is 5.02 Å². The van der Waals surface area contributed by atoms with Gasteiger partial charge in [0.1, 0.15) is 0 Å². The topological polar surface area (TPSA) is 20.3 Å². The number of rotatable bonds is 5. The molecule has 2 aromatic carbocycles. The third-order valence-corrected chi connectivity index (χ3v) is 3.67. The Labute approximate surface area is 125 Å². The normalized spacial score (nSPS) is 10.3. The fourth-order valence-electron chi connectivity index (χ4n) is 2.20. The summed E-state index contributed by atoms with van der Waals surface area (Å²) in [4.78, 5) is 14.1. The van der Waals surface area contributed by atoms with Crippen molar-refractivity contribution < 1.29 is 4.79 Å². The second-order valence-corrected chi connectivity index (χ2v) is 5.15. The number of nitrogens with zero attached hydrogens (tertiary/aromatic N) is 1. The fraction of sp³-hybridized carbons (Fsp3) is 0.235. The molecule has 0 aliphatic rings. The Morgan fingerprint density at radius 2 is 1.75 bits per heavy atom. The summed E-state index contributed by atoms with van der Waals surface area (Å²) >= 11 is 6.19. The van der Waals surface area contributed by atoms with Gasteiger partial charge in [-0.15, -0.1) is 0 Å². The van der Waals surface area contributed by atoms with Gasteiger partial charge < -0.3 is 4.90 Å². The maximum absolute atomic E-state index is 12.0. The first-order valence-electron chi connectivity index (χ1n) is 6.70. The second-order valence-electron chi connectivity index (χ2n) is 4.74. The molecule has 0 spiro atoms. The zero-order valence-corrected chi connectivity index (χ0v) is 12.5. The van der Waals surface area contributed by atoms with Gasteiger partial charge in [-0.3, -0.25) is 4.79 Å². The molecular weight excluding hydrogens is 270 g/mol. The van der Waals surface area contributed by atoms with E-state index >= 15 is 0 Å². The van der Waals surface area contributed by atoms with Crippen molar-refractivity contribution in [2.75, 3.05) is 11.9 Å². The average molecular weight is 288 g/mol. The molecule has 2 rings (SSSR count). The van der Waals surface area contributed by atoms with Gasteiger partial charge in [-0.25, -0.2) is 0 Å². The van der Waals surface area contributed by atoms with E-state index < -0.39 is 0 Å². The predicted octanol–water partition coefficient (Wildman–Crippen LogP) is 4.57. The summed E-state index contributed by atoms with van der Waals surface area (Å²) in [6.45, 7) is 2.56. The molecule has 104 valence electrons. The van der Waals surface area contributed by atoms with Crippen LogP contribution in [0.5, 0.6) is 0 Å². The van der Waals surface area contributed by atoms with Crippen molar-refractivity contribution in [2.24, 2.45) is 0 Å². The molecule has 0 amide bonds. The standard InChI is InChI=1S/C17H18ClNO/c1-3-17(20)14-9-5-7-11-16(14)19(2)12-13-8-4-6-10-15(13)18/h4-11H,3,12H2,1-2H3. The molecule has 0 atom stereocenters. The predicted molar refractivity (Wildman–Crippen MR) is 84.6 cm³/mol. The summed E-state index contributed by atoms with van der Waals surface area (Å²) in [5, 5.41) is 0.749. The second kappa shape index (κ2) is 6.58. The number of hydrogen-bond acceptors (Lipinski definition) is 2. The maximum Gasteiger partial charge on any atom is 0.164 e. The highest BCUT2D eigenvalue weighted by Gasteiger charge is 2.13. The van der Waals surface area contributed by atoms with E-state index in [1.165, 1.54) is 0 Å². The van der Waals surface area contributed by atoms with Crippen molar-refractivity contribution in [3.8, 4) is 0 Å². The molecule has 0 saturated carbocycles. The zero-order valence-electron chi connectivity index (χ0n) is 11.8. The van der Waals surface area contributed by atoms with Gasteiger partial charge in [0, 0.05) is 36.3 Å². The average Bonchev–Trinajstić information content (AvgIpc) is 2.48. The number of carbonyl (C=O) groups is 1. The molecule has 0 aliphatic heterocycles. The van der Waals surface area contributed by atoms with Crippen LogP contribution in [-0.2, 0) is 6.54 Å². The van der Waals surface area contributed by atoms with Gasteiger partial charge in [0.05, 0.1) is 0 Å². The van der Waals surface area contributed by atoms with E-state index in [0.717, 1.165) is 21.8 Å². The van der Waals surface area contributed by atoms with Gasteiger partial charge in [0.15, 0.2) is 5.78 Å². The number of hydrogen-bond donors (Lipinski definition) is 0. The maximum atomic E-state index is 12.0. The lowest BCUT2D eigenvalue weighted by molar-refractivity contribution is 0.0988. The molecule has 0 bridgehead atoms. The highest BCUT2D eigenvalue weighted by atomic mass is 35.5. The van der Waals surface area contributed by atoms with E-state index in [4.69, 9.17) is 11.6 Å². The molecule has 2 nitrogen and oxygen atoms in total. The minimum Gasteiger partial charge on any atom is -0.370 e. The third-order valence-electron chi connectivity index (χ3n) is 3.30. The molecule has 2 aromatic rings. The van der Waals surface area contributed by atoms with Crippen LogP contribution < -0.4 is 4.90 Å². The zero-order chi connectivity index (χ0) is 14.5. The molecule has 0 aromatic heterocycles. The number of carbonyl (C=O) groups excluding carboxylic acids is 1. The molecule has 0 saturated heterocycles. The lowest BCUT2D eigenvalue weighted by atomic mass is 10.1. The van der Waals surface area contributed by atoms with E-state index in [2.05, 4.69) is 4.90 Å². The Bertz CT molecular complexity index is 609. The Balaban J connectivity index is 2.28.